The summed E-state index contributed by atoms with van der Waals surface area (Å²) in [5, 5.41) is 4.44. The van der Waals surface area contributed by atoms with Crippen molar-refractivity contribution < 1.29 is 17.9 Å². The van der Waals surface area contributed by atoms with Crippen LogP contribution in [0.4, 0.5) is 16.2 Å². The number of hydrogen-bond acceptors (Lipinski definition) is 4. The summed E-state index contributed by atoms with van der Waals surface area (Å²) in [5.74, 6) is 0.300. The van der Waals surface area contributed by atoms with E-state index in [1.165, 1.54) is 11.4 Å². The largest absolute Gasteiger partial charge is 0.417 e. The van der Waals surface area contributed by atoms with E-state index in [2.05, 4.69) is 5.32 Å². The van der Waals surface area contributed by atoms with E-state index in [-0.39, 0.29) is 4.90 Å². The van der Waals surface area contributed by atoms with Gasteiger partial charge in [0.15, 0.2) is 0 Å². The molecule has 156 valence electrons. The first-order chi connectivity index (χ1) is 14.9. The predicted molar refractivity (Wildman–Crippen MR) is 122 cm³/mol. The van der Waals surface area contributed by atoms with Gasteiger partial charge in [0.05, 0.1) is 10.6 Å². The van der Waals surface area contributed by atoms with Gasteiger partial charge in [-0.1, -0.05) is 48.5 Å². The Bertz CT molecular complexity index is 1320. The number of sulfonamides is 1. The van der Waals surface area contributed by atoms with Gasteiger partial charge in [0.2, 0.25) is 0 Å². The number of hydrogen-bond donors (Lipinski definition) is 1. The Morgan fingerprint density at radius 2 is 1.45 bits per heavy atom. The van der Waals surface area contributed by atoms with Gasteiger partial charge in [-0.2, -0.15) is 0 Å². The van der Waals surface area contributed by atoms with Gasteiger partial charge in [0, 0.05) is 12.7 Å². The molecule has 0 fully saturated rings. The van der Waals surface area contributed by atoms with Crippen molar-refractivity contribution in [2.24, 2.45) is 0 Å². The summed E-state index contributed by atoms with van der Waals surface area (Å²) < 4.78 is 32.6. The molecule has 0 aliphatic rings. The van der Waals surface area contributed by atoms with Crippen molar-refractivity contribution in [2.75, 3.05) is 16.7 Å². The van der Waals surface area contributed by atoms with Crippen LogP contribution in [0.3, 0.4) is 0 Å². The highest BCUT2D eigenvalue weighted by atomic mass is 32.2. The molecule has 0 spiro atoms. The highest BCUT2D eigenvalue weighted by Crippen LogP contribution is 2.26. The molecule has 0 heterocycles. The summed E-state index contributed by atoms with van der Waals surface area (Å²) in [4.78, 5) is 12.2. The van der Waals surface area contributed by atoms with Gasteiger partial charge in [-0.15, -0.1) is 0 Å². The molecule has 6 nitrogen and oxygen atoms in total. The summed E-state index contributed by atoms with van der Waals surface area (Å²) >= 11 is 0. The number of carbonyl (C=O) groups is 1. The SMILES string of the molecule is CN(c1ccc(OC(=O)Nc2ccccc2)cc1)S(=O)(=O)c1ccc2ccccc2c1. The summed E-state index contributed by atoms with van der Waals surface area (Å²) in [7, 11) is -2.26. The fourth-order valence-electron chi connectivity index (χ4n) is 3.12. The Labute approximate surface area is 180 Å². The molecule has 4 aromatic rings. The van der Waals surface area contributed by atoms with Crippen LogP contribution < -0.4 is 14.4 Å². The van der Waals surface area contributed by atoms with Crippen molar-refractivity contribution in [1.29, 1.82) is 0 Å². The molecule has 31 heavy (non-hydrogen) atoms. The summed E-state index contributed by atoms with van der Waals surface area (Å²) in [6.07, 6.45) is -0.629. The molecule has 0 atom stereocenters. The van der Waals surface area contributed by atoms with Crippen molar-refractivity contribution in [3.8, 4) is 5.75 Å². The van der Waals surface area contributed by atoms with Gasteiger partial charge in [-0.3, -0.25) is 9.62 Å². The molecule has 4 aromatic carbocycles. The molecule has 0 unspecified atom stereocenters. The third-order valence-corrected chi connectivity index (χ3v) is 6.59. The van der Waals surface area contributed by atoms with E-state index in [0.717, 1.165) is 10.8 Å². The van der Waals surface area contributed by atoms with Gasteiger partial charge < -0.3 is 4.74 Å². The zero-order chi connectivity index (χ0) is 21.8. The third kappa shape index (κ3) is 4.51. The fourth-order valence-corrected chi connectivity index (χ4v) is 4.35. The lowest BCUT2D eigenvalue weighted by Gasteiger charge is -2.20. The average Bonchev–Trinajstić information content (AvgIpc) is 2.79. The molecule has 1 amide bonds. The number of nitrogens with one attached hydrogen (secondary N) is 1. The lowest BCUT2D eigenvalue weighted by molar-refractivity contribution is 0.215. The minimum atomic E-state index is -3.75. The monoisotopic (exact) mass is 432 g/mol. The second-order valence-corrected chi connectivity index (χ2v) is 8.83. The van der Waals surface area contributed by atoms with E-state index in [1.807, 2.05) is 30.3 Å². The fraction of sp³-hybridized carbons (Fsp3) is 0.0417. The molecule has 0 radical (unpaired) electrons. The van der Waals surface area contributed by atoms with E-state index in [1.54, 1.807) is 66.7 Å². The van der Waals surface area contributed by atoms with Gasteiger partial charge >= 0.3 is 6.09 Å². The zero-order valence-electron chi connectivity index (χ0n) is 16.7. The molecule has 4 rings (SSSR count). The van der Waals surface area contributed by atoms with E-state index < -0.39 is 16.1 Å². The van der Waals surface area contributed by atoms with E-state index in [0.29, 0.717) is 17.1 Å². The Hall–Kier alpha value is -3.84. The molecule has 1 N–H and O–H groups in total. The van der Waals surface area contributed by atoms with Crippen LogP contribution in [0.2, 0.25) is 0 Å². The molecule has 0 saturated heterocycles. The van der Waals surface area contributed by atoms with Gasteiger partial charge in [0.1, 0.15) is 5.75 Å². The number of nitrogens with zero attached hydrogens (tertiary/aromatic N) is 1. The lowest BCUT2D eigenvalue weighted by atomic mass is 10.1. The van der Waals surface area contributed by atoms with Crippen LogP contribution >= 0.6 is 0 Å². The van der Waals surface area contributed by atoms with Crippen molar-refractivity contribution in [3.05, 3.63) is 97.1 Å². The van der Waals surface area contributed by atoms with Gasteiger partial charge in [-0.05, 0) is 59.3 Å². The topological polar surface area (TPSA) is 75.7 Å². The van der Waals surface area contributed by atoms with Crippen LogP contribution in [-0.2, 0) is 10.0 Å². The number of fused-ring (bicyclic) bond motifs is 1. The Morgan fingerprint density at radius 3 is 2.16 bits per heavy atom. The average molecular weight is 433 g/mol. The van der Waals surface area contributed by atoms with Crippen LogP contribution in [0.1, 0.15) is 0 Å². The number of carbonyl (C=O) groups excluding carboxylic acids is 1. The smallest absolute Gasteiger partial charge is 0.410 e. The third-order valence-electron chi connectivity index (χ3n) is 4.81. The highest BCUT2D eigenvalue weighted by molar-refractivity contribution is 7.92. The summed E-state index contributed by atoms with van der Waals surface area (Å²) in [6.45, 7) is 0. The zero-order valence-corrected chi connectivity index (χ0v) is 17.5. The maximum Gasteiger partial charge on any atom is 0.417 e. The summed E-state index contributed by atoms with van der Waals surface area (Å²) in [5.41, 5.74) is 1.06. The lowest BCUT2D eigenvalue weighted by Crippen LogP contribution is -2.26. The summed E-state index contributed by atoms with van der Waals surface area (Å²) in [6, 6.07) is 27.8. The van der Waals surface area contributed by atoms with Crippen LogP contribution in [0.5, 0.6) is 5.75 Å². The normalized spacial score (nSPS) is 11.1. The Kier molecular flexibility index (Phi) is 5.60. The first-order valence-electron chi connectivity index (χ1n) is 9.55. The molecule has 0 bridgehead atoms. The van der Waals surface area contributed by atoms with Crippen LogP contribution in [0.25, 0.3) is 10.8 Å². The van der Waals surface area contributed by atoms with E-state index in [4.69, 9.17) is 4.74 Å². The second kappa shape index (κ2) is 8.49. The molecule has 0 aromatic heterocycles. The minimum absolute atomic E-state index is 0.205. The standard InChI is InChI=1S/C24H20N2O4S/c1-26(31(28,29)23-16-11-18-7-5-6-8-19(18)17-23)21-12-14-22(15-13-21)30-24(27)25-20-9-3-2-4-10-20/h2-17H,1H3,(H,25,27). The van der Waals surface area contributed by atoms with Crippen LogP contribution in [-0.4, -0.2) is 21.6 Å². The Morgan fingerprint density at radius 1 is 0.806 bits per heavy atom. The van der Waals surface area contributed by atoms with Crippen LogP contribution in [0.15, 0.2) is 102 Å². The highest BCUT2D eigenvalue weighted by Gasteiger charge is 2.21. The van der Waals surface area contributed by atoms with Crippen LogP contribution in [0, 0.1) is 0 Å². The maximum absolute atomic E-state index is 13.1. The second-order valence-electron chi connectivity index (χ2n) is 6.86. The number of anilines is 2. The quantitative estimate of drug-likeness (QED) is 0.466. The van der Waals surface area contributed by atoms with Crippen molar-refractivity contribution in [3.63, 3.8) is 0 Å². The number of amides is 1. The Balaban J connectivity index is 1.49. The predicted octanol–water partition coefficient (Wildman–Crippen LogP) is 5.28. The molecule has 0 aliphatic heterocycles. The number of ether oxygens (including phenoxy) is 1. The molecule has 0 saturated carbocycles. The number of para-hydroxylation sites is 1. The molecule has 0 aliphatic carbocycles. The number of rotatable bonds is 5. The van der Waals surface area contributed by atoms with E-state index >= 15 is 0 Å². The molecular formula is C24H20N2O4S. The van der Waals surface area contributed by atoms with Crippen molar-refractivity contribution in [2.45, 2.75) is 4.90 Å². The minimum Gasteiger partial charge on any atom is -0.410 e. The molecule has 7 heteroatoms. The van der Waals surface area contributed by atoms with Gasteiger partial charge in [0.25, 0.3) is 10.0 Å². The van der Waals surface area contributed by atoms with E-state index in [9.17, 15) is 13.2 Å². The molecular weight excluding hydrogens is 412 g/mol. The first-order valence-corrected chi connectivity index (χ1v) is 11.0. The van der Waals surface area contributed by atoms with Crippen molar-refractivity contribution in [1.82, 2.24) is 0 Å². The first kappa shape index (κ1) is 20.4. The number of benzene rings is 4. The maximum atomic E-state index is 13.1. The van der Waals surface area contributed by atoms with Crippen molar-refractivity contribution >= 4 is 38.3 Å². The van der Waals surface area contributed by atoms with Gasteiger partial charge in [-0.25, -0.2) is 13.2 Å².